The summed E-state index contributed by atoms with van der Waals surface area (Å²) in [4.78, 5) is 41.3. The van der Waals surface area contributed by atoms with Gasteiger partial charge in [0.15, 0.2) is 0 Å². The molecule has 1 saturated heterocycles. The first-order chi connectivity index (χ1) is 19.1. The van der Waals surface area contributed by atoms with Crippen LogP contribution in [0.4, 0.5) is 0 Å². The van der Waals surface area contributed by atoms with Crippen molar-refractivity contribution < 1.29 is 28.6 Å². The molecule has 0 saturated carbocycles. The standard InChI is InChI=1S/C32H49NO6Si/c1-7-10-12-17-37-30(34)21-27(16-11-8-2)31(35)33-23-28(39-24-26-15-13-14-25(9-3)20-26)22-29(33)32(36)38-18-19-40(4,5)6/h7,9,13-15,20,27-29H,1,3,8,10-12,16-19,21-24H2,2,4-6H3/t27-,28-,29+/m1/s1. The number of esters is 2. The summed E-state index contributed by atoms with van der Waals surface area (Å²) in [6, 6.07) is 8.04. The number of allylic oxidation sites excluding steroid dienone is 1. The first-order valence-corrected chi connectivity index (χ1v) is 18.3. The molecule has 0 aromatic heterocycles. The third-order valence-electron chi connectivity index (χ3n) is 7.07. The van der Waals surface area contributed by atoms with Gasteiger partial charge in [0.1, 0.15) is 6.04 Å². The molecule has 1 aliphatic heterocycles. The lowest BCUT2D eigenvalue weighted by molar-refractivity contribution is -0.156. The van der Waals surface area contributed by atoms with E-state index in [0.717, 1.165) is 36.4 Å². The molecule has 7 nitrogen and oxygen atoms in total. The van der Waals surface area contributed by atoms with Crippen molar-refractivity contribution in [3.05, 3.63) is 54.6 Å². The lowest BCUT2D eigenvalue weighted by Crippen LogP contribution is -2.45. The molecule has 0 N–H and O–H groups in total. The van der Waals surface area contributed by atoms with E-state index in [-0.39, 0.29) is 30.9 Å². The third-order valence-corrected chi connectivity index (χ3v) is 8.77. The Balaban J connectivity index is 2.15. The SMILES string of the molecule is C=CCCCOC(=O)C[C@@H](CCCC)C(=O)N1C[C@H](OCc2cccc(C=C)c2)C[C@H]1C(=O)OCC[Si](C)(C)C. The van der Waals surface area contributed by atoms with E-state index < -0.39 is 26.0 Å². The van der Waals surface area contributed by atoms with E-state index in [1.807, 2.05) is 24.3 Å². The summed E-state index contributed by atoms with van der Waals surface area (Å²) >= 11 is 0. The van der Waals surface area contributed by atoms with Gasteiger partial charge in [-0.1, -0.05) is 76.3 Å². The van der Waals surface area contributed by atoms with Crippen LogP contribution in [-0.4, -0.2) is 62.7 Å². The van der Waals surface area contributed by atoms with Crippen LogP contribution >= 0.6 is 0 Å². The van der Waals surface area contributed by atoms with Crippen LogP contribution < -0.4 is 0 Å². The topological polar surface area (TPSA) is 82.1 Å². The molecule has 222 valence electrons. The molecule has 1 aliphatic rings. The maximum absolute atomic E-state index is 13.9. The Morgan fingerprint density at radius 3 is 2.58 bits per heavy atom. The van der Waals surface area contributed by atoms with Crippen molar-refractivity contribution in [1.82, 2.24) is 4.90 Å². The molecule has 0 unspecified atom stereocenters. The highest BCUT2D eigenvalue weighted by Crippen LogP contribution is 2.28. The molecule has 1 aromatic carbocycles. The second-order valence-electron chi connectivity index (χ2n) is 11.8. The average molecular weight is 572 g/mol. The van der Waals surface area contributed by atoms with Gasteiger partial charge in [-0.05, 0) is 42.5 Å². The molecule has 1 heterocycles. The van der Waals surface area contributed by atoms with Crippen LogP contribution in [0.15, 0.2) is 43.5 Å². The van der Waals surface area contributed by atoms with Gasteiger partial charge in [0.2, 0.25) is 5.91 Å². The van der Waals surface area contributed by atoms with E-state index in [9.17, 15) is 14.4 Å². The minimum Gasteiger partial charge on any atom is -0.466 e. The van der Waals surface area contributed by atoms with Gasteiger partial charge in [-0.15, -0.1) is 6.58 Å². The molecule has 3 atom stereocenters. The Morgan fingerprint density at radius 2 is 1.90 bits per heavy atom. The maximum Gasteiger partial charge on any atom is 0.328 e. The summed E-state index contributed by atoms with van der Waals surface area (Å²) in [5.41, 5.74) is 2.00. The van der Waals surface area contributed by atoms with E-state index in [0.29, 0.717) is 39.1 Å². The Bertz CT molecular complexity index is 988. The summed E-state index contributed by atoms with van der Waals surface area (Å²) < 4.78 is 17.3. The van der Waals surface area contributed by atoms with E-state index in [1.54, 1.807) is 17.1 Å². The Hall–Kier alpha value is -2.71. The number of amides is 1. The van der Waals surface area contributed by atoms with Crippen molar-refractivity contribution in [1.29, 1.82) is 0 Å². The first-order valence-electron chi connectivity index (χ1n) is 14.6. The zero-order valence-corrected chi connectivity index (χ0v) is 26.0. The van der Waals surface area contributed by atoms with Crippen LogP contribution in [0, 0.1) is 5.92 Å². The van der Waals surface area contributed by atoms with Gasteiger partial charge in [0, 0.05) is 27.0 Å². The summed E-state index contributed by atoms with van der Waals surface area (Å²) in [6.07, 6.45) is 7.35. The van der Waals surface area contributed by atoms with Crippen molar-refractivity contribution >= 4 is 32.0 Å². The number of nitrogens with zero attached hydrogens (tertiary/aromatic N) is 1. The summed E-state index contributed by atoms with van der Waals surface area (Å²) in [5, 5.41) is 0. The van der Waals surface area contributed by atoms with Crippen LogP contribution in [0.1, 0.15) is 63.0 Å². The number of likely N-dealkylation sites (tertiary alicyclic amines) is 1. The fourth-order valence-electron chi connectivity index (χ4n) is 4.63. The minimum absolute atomic E-state index is 0.000678. The fourth-order valence-corrected chi connectivity index (χ4v) is 5.35. The number of rotatable bonds is 18. The number of benzene rings is 1. The smallest absolute Gasteiger partial charge is 0.328 e. The Labute approximate surface area is 242 Å². The normalized spacial score (nSPS) is 17.8. The molecule has 1 amide bonds. The second kappa shape index (κ2) is 17.2. The molecule has 0 bridgehead atoms. The number of unbranched alkanes of at least 4 members (excludes halogenated alkanes) is 2. The number of carbonyl (C=O) groups excluding carboxylic acids is 3. The van der Waals surface area contributed by atoms with Crippen LogP contribution in [0.5, 0.6) is 0 Å². The van der Waals surface area contributed by atoms with Crippen molar-refractivity contribution in [3.63, 3.8) is 0 Å². The zero-order chi connectivity index (χ0) is 29.5. The lowest BCUT2D eigenvalue weighted by atomic mass is 9.96. The van der Waals surface area contributed by atoms with Crippen molar-refractivity contribution in [3.8, 4) is 0 Å². The van der Waals surface area contributed by atoms with Crippen LogP contribution in [0.2, 0.25) is 25.7 Å². The van der Waals surface area contributed by atoms with Crippen molar-refractivity contribution in [2.45, 2.75) is 96.3 Å². The first kappa shape index (κ1) is 33.5. The number of hydrogen-bond donors (Lipinski definition) is 0. The predicted molar refractivity (Wildman–Crippen MR) is 162 cm³/mol. The molecule has 40 heavy (non-hydrogen) atoms. The van der Waals surface area contributed by atoms with Crippen LogP contribution in [0.25, 0.3) is 6.08 Å². The zero-order valence-electron chi connectivity index (χ0n) is 25.0. The molecular formula is C32H49NO6Si. The highest BCUT2D eigenvalue weighted by molar-refractivity contribution is 6.76. The van der Waals surface area contributed by atoms with Gasteiger partial charge in [0.05, 0.1) is 32.3 Å². The second-order valence-corrected chi connectivity index (χ2v) is 17.4. The maximum atomic E-state index is 13.9. The van der Waals surface area contributed by atoms with Crippen molar-refractivity contribution in [2.24, 2.45) is 5.92 Å². The number of carbonyl (C=O) groups is 3. The third kappa shape index (κ3) is 11.8. The lowest BCUT2D eigenvalue weighted by Gasteiger charge is -2.27. The van der Waals surface area contributed by atoms with Gasteiger partial charge >= 0.3 is 11.9 Å². The molecule has 8 heteroatoms. The highest BCUT2D eigenvalue weighted by atomic mass is 28.3. The fraction of sp³-hybridized carbons (Fsp3) is 0.594. The van der Waals surface area contributed by atoms with E-state index >= 15 is 0 Å². The molecular weight excluding hydrogens is 522 g/mol. The van der Waals surface area contributed by atoms with Gasteiger partial charge in [-0.3, -0.25) is 9.59 Å². The number of hydrogen-bond acceptors (Lipinski definition) is 6. The van der Waals surface area contributed by atoms with Gasteiger partial charge in [-0.2, -0.15) is 0 Å². The molecule has 0 spiro atoms. The summed E-state index contributed by atoms with van der Waals surface area (Å²) in [5.74, 6) is -1.54. The van der Waals surface area contributed by atoms with Gasteiger partial charge < -0.3 is 19.1 Å². The summed E-state index contributed by atoms with van der Waals surface area (Å²) in [7, 11) is -1.39. The number of ether oxygens (including phenoxy) is 3. The average Bonchev–Trinajstić information content (AvgIpc) is 3.35. The van der Waals surface area contributed by atoms with E-state index in [4.69, 9.17) is 14.2 Å². The Morgan fingerprint density at radius 1 is 1.12 bits per heavy atom. The highest BCUT2D eigenvalue weighted by Gasteiger charge is 2.43. The molecule has 2 rings (SSSR count). The quantitative estimate of drug-likeness (QED) is 0.0877. The summed E-state index contributed by atoms with van der Waals surface area (Å²) in [6.45, 7) is 17.5. The largest absolute Gasteiger partial charge is 0.466 e. The minimum atomic E-state index is -1.39. The van der Waals surface area contributed by atoms with E-state index in [1.165, 1.54) is 0 Å². The van der Waals surface area contributed by atoms with Crippen LogP contribution in [0.3, 0.4) is 0 Å². The predicted octanol–water partition coefficient (Wildman–Crippen LogP) is 6.40. The molecule has 1 fully saturated rings. The monoisotopic (exact) mass is 571 g/mol. The molecule has 1 aromatic rings. The van der Waals surface area contributed by atoms with E-state index in [2.05, 4.69) is 39.7 Å². The van der Waals surface area contributed by atoms with Gasteiger partial charge in [-0.25, -0.2) is 4.79 Å². The molecule has 0 aliphatic carbocycles. The molecule has 0 radical (unpaired) electrons. The van der Waals surface area contributed by atoms with Crippen molar-refractivity contribution in [2.75, 3.05) is 19.8 Å². The van der Waals surface area contributed by atoms with Gasteiger partial charge in [0.25, 0.3) is 0 Å². The van der Waals surface area contributed by atoms with Crippen LogP contribution in [-0.2, 0) is 35.2 Å². The Kier molecular flexibility index (Phi) is 14.4.